The minimum Gasteiger partial charge on any atom is -0.481 e. The van der Waals surface area contributed by atoms with E-state index in [0.29, 0.717) is 5.92 Å². The quantitative estimate of drug-likeness (QED) is 0.414. The molecule has 0 amide bonds. The molecule has 3 unspecified atom stereocenters. The van der Waals surface area contributed by atoms with Gasteiger partial charge in [-0.05, 0) is 31.1 Å². The Kier molecular flexibility index (Phi) is 7.33. The molecule has 4 fully saturated rings. The Morgan fingerprint density at radius 3 is 2.09 bits per heavy atom. The average Bonchev–Trinajstić information content (AvgIpc) is 3.24. The van der Waals surface area contributed by atoms with Gasteiger partial charge in [-0.1, -0.05) is 46.8 Å². The van der Waals surface area contributed by atoms with E-state index in [-0.39, 0.29) is 6.23 Å². The van der Waals surface area contributed by atoms with E-state index in [9.17, 15) is 14.4 Å². The summed E-state index contributed by atoms with van der Waals surface area (Å²) in [7, 11) is 0. The van der Waals surface area contributed by atoms with Gasteiger partial charge in [0.25, 0.3) is 5.19 Å². The lowest BCUT2D eigenvalue weighted by molar-refractivity contribution is -0.170. The van der Waals surface area contributed by atoms with Gasteiger partial charge in [0.1, 0.15) is 0 Å². The zero-order valence-electron chi connectivity index (χ0n) is 18.8. The smallest absolute Gasteiger partial charge is 0.336 e. The summed E-state index contributed by atoms with van der Waals surface area (Å²) in [5.41, 5.74) is -1.63. The molecule has 6 rings (SSSR count). The highest BCUT2D eigenvalue weighted by atomic mass is 32.1. The number of carboxylic acid groups (broad SMARTS) is 3. The number of aliphatic carboxylic acids is 3. The number of carboxylic acids is 3. The lowest BCUT2D eigenvalue weighted by Gasteiger charge is -2.55. The van der Waals surface area contributed by atoms with E-state index in [2.05, 4.69) is 27.2 Å². The Morgan fingerprint density at radius 1 is 0.971 bits per heavy atom. The fourth-order valence-electron chi connectivity index (χ4n) is 5.33. The molecule has 4 N–H and O–H groups in total. The van der Waals surface area contributed by atoms with Crippen LogP contribution in [0.3, 0.4) is 0 Å². The first-order chi connectivity index (χ1) is 16.6. The van der Waals surface area contributed by atoms with Crippen molar-refractivity contribution < 1.29 is 39.5 Å². The van der Waals surface area contributed by atoms with Crippen LogP contribution in [0.4, 0.5) is 0 Å². The van der Waals surface area contributed by atoms with E-state index in [4.69, 9.17) is 25.2 Å². The predicted octanol–water partition coefficient (Wildman–Crippen LogP) is 2.02. The number of aliphatic hydroxyl groups is 1. The zero-order chi connectivity index (χ0) is 25.2. The molecule has 35 heavy (non-hydrogen) atoms. The third kappa shape index (κ3) is 5.95. The average molecular weight is 506 g/mol. The van der Waals surface area contributed by atoms with Crippen LogP contribution in [0.5, 0.6) is 5.19 Å². The summed E-state index contributed by atoms with van der Waals surface area (Å²) >= 11 is 1.56. The zero-order valence-corrected chi connectivity index (χ0v) is 19.6. The van der Waals surface area contributed by atoms with Crippen molar-refractivity contribution >= 4 is 29.2 Å². The summed E-state index contributed by atoms with van der Waals surface area (Å²) in [6, 6.07) is 10.2. The van der Waals surface area contributed by atoms with Crippen LogP contribution in [-0.2, 0) is 14.4 Å². The van der Waals surface area contributed by atoms with Crippen molar-refractivity contribution in [2.24, 2.45) is 17.8 Å². The first-order valence-electron chi connectivity index (χ1n) is 11.3. The van der Waals surface area contributed by atoms with Gasteiger partial charge in [-0.3, -0.25) is 14.5 Å². The Morgan fingerprint density at radius 2 is 1.57 bits per heavy atom. The van der Waals surface area contributed by atoms with Crippen LogP contribution in [0.25, 0.3) is 10.6 Å². The van der Waals surface area contributed by atoms with Crippen molar-refractivity contribution in [2.75, 3.05) is 13.1 Å². The molecule has 1 aromatic carbocycles. The number of hydrogen-bond donors (Lipinski definition) is 4. The van der Waals surface area contributed by atoms with Gasteiger partial charge in [0.05, 0.1) is 12.8 Å². The molecule has 3 aliphatic heterocycles. The number of hydrogen-bond acceptors (Lipinski definition) is 9. The minimum absolute atomic E-state index is 0.226. The molecule has 188 valence electrons. The van der Waals surface area contributed by atoms with E-state index in [1.165, 1.54) is 32.4 Å². The van der Waals surface area contributed by atoms with Gasteiger partial charge >= 0.3 is 17.9 Å². The molecule has 11 nitrogen and oxygen atoms in total. The lowest BCUT2D eigenvalue weighted by Crippen LogP contribution is -2.61. The highest BCUT2D eigenvalue weighted by molar-refractivity contribution is 7.16. The second-order valence-electron chi connectivity index (χ2n) is 9.38. The minimum atomic E-state index is -2.74. The molecule has 1 saturated carbocycles. The van der Waals surface area contributed by atoms with E-state index in [1.54, 1.807) is 11.3 Å². The van der Waals surface area contributed by atoms with Crippen molar-refractivity contribution in [2.45, 2.75) is 43.9 Å². The van der Waals surface area contributed by atoms with Crippen LogP contribution in [0.15, 0.2) is 30.3 Å². The van der Waals surface area contributed by atoms with Crippen LogP contribution in [-0.4, -0.2) is 78.3 Å². The molecule has 3 saturated heterocycles. The molecule has 1 aliphatic carbocycles. The molecule has 0 radical (unpaired) electrons. The molecule has 3 atom stereocenters. The summed E-state index contributed by atoms with van der Waals surface area (Å²) < 4.78 is 6.26. The van der Waals surface area contributed by atoms with Crippen LogP contribution in [0.1, 0.15) is 32.1 Å². The number of ether oxygens (including phenoxy) is 1. The van der Waals surface area contributed by atoms with Crippen LogP contribution >= 0.6 is 11.3 Å². The summed E-state index contributed by atoms with van der Waals surface area (Å²) in [6.45, 7) is 2.42. The molecule has 1 aromatic heterocycles. The Labute approximate surface area is 205 Å². The molecular formula is C23H27N3O8S. The molecule has 4 aliphatic rings. The van der Waals surface area contributed by atoms with Crippen molar-refractivity contribution in [1.29, 1.82) is 0 Å². The highest BCUT2D eigenvalue weighted by Gasteiger charge is 2.48. The number of carbonyl (C=O) groups is 3. The number of nitrogens with zero attached hydrogens (tertiary/aromatic N) is 3. The van der Waals surface area contributed by atoms with Gasteiger partial charge in [0.2, 0.25) is 0 Å². The topological polar surface area (TPSA) is 170 Å². The van der Waals surface area contributed by atoms with Crippen LogP contribution in [0, 0.1) is 17.8 Å². The van der Waals surface area contributed by atoms with E-state index in [0.717, 1.165) is 27.6 Å². The van der Waals surface area contributed by atoms with Crippen molar-refractivity contribution in [1.82, 2.24) is 15.1 Å². The molecular weight excluding hydrogens is 478 g/mol. The van der Waals surface area contributed by atoms with Gasteiger partial charge in [-0.2, -0.15) is 0 Å². The molecule has 4 bridgehead atoms. The molecule has 0 spiro atoms. The monoisotopic (exact) mass is 505 g/mol. The van der Waals surface area contributed by atoms with Gasteiger partial charge in [0, 0.05) is 24.6 Å². The van der Waals surface area contributed by atoms with Gasteiger partial charge in [-0.15, -0.1) is 5.10 Å². The first-order valence-corrected chi connectivity index (χ1v) is 12.1. The second-order valence-corrected chi connectivity index (χ2v) is 10.3. The molecule has 4 heterocycles. The van der Waals surface area contributed by atoms with Gasteiger partial charge < -0.3 is 25.2 Å². The van der Waals surface area contributed by atoms with Gasteiger partial charge in [-0.25, -0.2) is 4.79 Å². The summed E-state index contributed by atoms with van der Waals surface area (Å²) in [5.74, 6) is -2.51. The van der Waals surface area contributed by atoms with Crippen molar-refractivity contribution in [3.63, 3.8) is 0 Å². The maximum atomic E-state index is 10.3. The maximum Gasteiger partial charge on any atom is 0.336 e. The van der Waals surface area contributed by atoms with Crippen molar-refractivity contribution in [3.8, 4) is 15.8 Å². The Bertz CT molecular complexity index is 1030. The lowest BCUT2D eigenvalue weighted by atomic mass is 9.67. The largest absolute Gasteiger partial charge is 0.481 e. The summed E-state index contributed by atoms with van der Waals surface area (Å²) in [4.78, 5) is 33.0. The maximum absolute atomic E-state index is 10.3. The Hall–Kier alpha value is -3.09. The van der Waals surface area contributed by atoms with E-state index < -0.39 is 36.4 Å². The van der Waals surface area contributed by atoms with Crippen LogP contribution < -0.4 is 4.74 Å². The number of benzene rings is 1. The fourth-order valence-corrected chi connectivity index (χ4v) is 6.06. The number of rotatable bonds is 8. The SMILES string of the molecule is O=C(O)CC(O)(CC(=O)O)C(=O)O.c1ccc(-c2nnc(OC3C4CC5CC(C4)CN3C5)s2)cc1. The third-order valence-electron chi connectivity index (χ3n) is 6.62. The van der Waals surface area contributed by atoms with E-state index >= 15 is 0 Å². The highest BCUT2D eigenvalue weighted by Crippen LogP contribution is 2.47. The molecule has 12 heteroatoms. The first kappa shape index (κ1) is 25.0. The van der Waals surface area contributed by atoms with E-state index in [1.807, 2.05) is 18.2 Å². The number of aromatic nitrogens is 2. The van der Waals surface area contributed by atoms with Gasteiger partial charge in [0.15, 0.2) is 16.8 Å². The summed E-state index contributed by atoms with van der Waals surface area (Å²) in [5, 5.41) is 44.0. The Balaban J connectivity index is 0.000000193. The second kappa shape index (κ2) is 10.3. The normalized spacial score (nSPS) is 26.5. The summed E-state index contributed by atoms with van der Waals surface area (Å²) in [6.07, 6.45) is 2.05. The van der Waals surface area contributed by atoms with Crippen LogP contribution in [0.2, 0.25) is 0 Å². The van der Waals surface area contributed by atoms with Crippen molar-refractivity contribution in [3.05, 3.63) is 30.3 Å². The molecule has 2 aromatic rings. The number of piperidine rings is 3. The fraction of sp³-hybridized carbons (Fsp3) is 0.522. The predicted molar refractivity (Wildman–Crippen MR) is 123 cm³/mol. The third-order valence-corrected chi connectivity index (χ3v) is 7.48. The standard InChI is InChI=1S/C17H19N3OS.C6H8O7/c1-2-4-13(5-3-1)15-18-19-17(22-15)21-16-14-7-11-6-12(8-14)10-20(16)9-11;7-3(8)1-6(13,5(11)12)2-4(9)10/h1-5,11-12,14,16H,6-10H2;13H,1-2H2,(H,7,8)(H,9,10)(H,11,12).